The topological polar surface area (TPSA) is 12.0 Å². The quantitative estimate of drug-likeness (QED) is 0.855. The van der Waals surface area contributed by atoms with Gasteiger partial charge in [0.1, 0.15) is 0 Å². The van der Waals surface area contributed by atoms with Gasteiger partial charge in [-0.15, -0.1) is 0 Å². The lowest BCUT2D eigenvalue weighted by molar-refractivity contribution is 0.629. The van der Waals surface area contributed by atoms with E-state index in [1.807, 2.05) is 0 Å². The van der Waals surface area contributed by atoms with E-state index in [-0.39, 0.29) is 0 Å². The maximum Gasteiger partial charge on any atom is 0.0378 e. The summed E-state index contributed by atoms with van der Waals surface area (Å²) in [6.07, 6.45) is 1.10. The van der Waals surface area contributed by atoms with Crippen LogP contribution in [0, 0.1) is 0 Å². The van der Waals surface area contributed by atoms with Crippen LogP contribution in [0.2, 0.25) is 0 Å². The van der Waals surface area contributed by atoms with Crippen LogP contribution >= 0.6 is 15.9 Å². The van der Waals surface area contributed by atoms with Crippen molar-refractivity contribution in [2.24, 2.45) is 0 Å². The van der Waals surface area contributed by atoms with E-state index in [0.29, 0.717) is 12.0 Å². The highest BCUT2D eigenvalue weighted by Crippen LogP contribution is 2.37. The van der Waals surface area contributed by atoms with E-state index < -0.39 is 0 Å². The Morgan fingerprint density at radius 3 is 2.56 bits per heavy atom. The molecule has 2 heteroatoms. The van der Waals surface area contributed by atoms with Crippen LogP contribution in [0.3, 0.4) is 0 Å². The monoisotopic (exact) mass is 301 g/mol. The van der Waals surface area contributed by atoms with Gasteiger partial charge in [0.2, 0.25) is 0 Å². The molecule has 1 nitrogen and oxygen atoms in total. The number of anilines is 1. The van der Waals surface area contributed by atoms with Gasteiger partial charge in [-0.3, -0.25) is 0 Å². The third kappa shape index (κ3) is 2.17. The summed E-state index contributed by atoms with van der Waals surface area (Å²) in [5, 5.41) is 3.57. The second-order valence-corrected chi connectivity index (χ2v) is 5.87. The number of benzene rings is 2. The third-order valence-electron chi connectivity index (χ3n) is 3.72. The van der Waals surface area contributed by atoms with Gasteiger partial charge in [0.25, 0.3) is 0 Å². The average molecular weight is 302 g/mol. The molecular weight excluding hydrogens is 286 g/mol. The van der Waals surface area contributed by atoms with Gasteiger partial charge in [0.15, 0.2) is 0 Å². The minimum atomic E-state index is 0.506. The maximum atomic E-state index is 3.57. The Hall–Kier alpha value is -1.28. The van der Waals surface area contributed by atoms with Crippen LogP contribution in [0.1, 0.15) is 24.0 Å². The van der Waals surface area contributed by atoms with Crippen molar-refractivity contribution in [3.05, 3.63) is 64.1 Å². The number of rotatable bonds is 2. The Labute approximate surface area is 116 Å². The van der Waals surface area contributed by atoms with E-state index >= 15 is 0 Å². The van der Waals surface area contributed by atoms with E-state index in [1.165, 1.54) is 16.8 Å². The van der Waals surface area contributed by atoms with Crippen molar-refractivity contribution in [3.63, 3.8) is 0 Å². The largest absolute Gasteiger partial charge is 0.382 e. The van der Waals surface area contributed by atoms with Crippen LogP contribution in [0.15, 0.2) is 53.0 Å². The van der Waals surface area contributed by atoms with Crippen LogP contribution in [0.4, 0.5) is 5.69 Å². The van der Waals surface area contributed by atoms with Gasteiger partial charge in [-0.1, -0.05) is 46.3 Å². The standard InChI is InChI=1S/C16H16BrN/c1-11-15(10-12-6-8-13(17)9-7-12)14-4-2-3-5-16(14)18-11/h2-9,11,15,18H,10H2,1H3/t11-,15+/m1/s1. The summed E-state index contributed by atoms with van der Waals surface area (Å²) < 4.78 is 1.14. The summed E-state index contributed by atoms with van der Waals surface area (Å²) >= 11 is 3.48. The van der Waals surface area contributed by atoms with Crippen molar-refractivity contribution in [2.75, 3.05) is 5.32 Å². The molecule has 2 atom stereocenters. The molecule has 1 heterocycles. The van der Waals surface area contributed by atoms with Gasteiger partial charge < -0.3 is 5.32 Å². The molecule has 2 aromatic rings. The molecule has 1 aliphatic rings. The molecule has 2 aromatic carbocycles. The van der Waals surface area contributed by atoms with Crippen LogP contribution < -0.4 is 5.32 Å². The van der Waals surface area contributed by atoms with Gasteiger partial charge in [-0.05, 0) is 42.7 Å². The molecule has 1 aliphatic heterocycles. The van der Waals surface area contributed by atoms with Crippen LogP contribution in [-0.2, 0) is 6.42 Å². The number of hydrogen-bond acceptors (Lipinski definition) is 1. The normalized spacial score (nSPS) is 21.4. The van der Waals surface area contributed by atoms with Crippen molar-refractivity contribution in [1.29, 1.82) is 0 Å². The molecule has 0 radical (unpaired) electrons. The Bertz CT molecular complexity index is 547. The predicted octanol–water partition coefficient (Wildman–Crippen LogP) is 4.59. The highest BCUT2D eigenvalue weighted by atomic mass is 79.9. The van der Waals surface area contributed by atoms with Crippen molar-refractivity contribution < 1.29 is 0 Å². The van der Waals surface area contributed by atoms with Crippen LogP contribution in [0.5, 0.6) is 0 Å². The second kappa shape index (κ2) is 4.77. The van der Waals surface area contributed by atoms with E-state index in [2.05, 4.69) is 76.7 Å². The molecule has 0 aromatic heterocycles. The molecule has 0 bridgehead atoms. The molecule has 92 valence electrons. The highest BCUT2D eigenvalue weighted by Gasteiger charge is 2.28. The van der Waals surface area contributed by atoms with E-state index in [9.17, 15) is 0 Å². The number of hydrogen-bond donors (Lipinski definition) is 1. The third-order valence-corrected chi connectivity index (χ3v) is 4.24. The molecule has 0 unspecified atom stereocenters. The number of halogens is 1. The fourth-order valence-corrected chi connectivity index (χ4v) is 2.99. The van der Waals surface area contributed by atoms with Crippen molar-refractivity contribution in [3.8, 4) is 0 Å². The zero-order valence-electron chi connectivity index (χ0n) is 10.4. The fraction of sp³-hybridized carbons (Fsp3) is 0.250. The summed E-state index contributed by atoms with van der Waals surface area (Å²) in [5.74, 6) is 0.572. The maximum absolute atomic E-state index is 3.57. The summed E-state index contributed by atoms with van der Waals surface area (Å²) in [6, 6.07) is 17.8. The first-order chi connectivity index (χ1) is 8.74. The van der Waals surface area contributed by atoms with Crippen LogP contribution in [0.25, 0.3) is 0 Å². The Morgan fingerprint density at radius 2 is 1.78 bits per heavy atom. The molecule has 0 saturated carbocycles. The Morgan fingerprint density at radius 1 is 1.06 bits per heavy atom. The van der Waals surface area contributed by atoms with Gasteiger partial charge in [0, 0.05) is 22.1 Å². The molecule has 0 saturated heterocycles. The predicted molar refractivity (Wildman–Crippen MR) is 80.1 cm³/mol. The van der Waals surface area contributed by atoms with Crippen molar-refractivity contribution in [2.45, 2.75) is 25.3 Å². The minimum Gasteiger partial charge on any atom is -0.382 e. The molecule has 3 rings (SSSR count). The first-order valence-corrected chi connectivity index (χ1v) is 7.13. The number of fused-ring (bicyclic) bond motifs is 1. The summed E-state index contributed by atoms with van der Waals surface area (Å²) in [5.41, 5.74) is 4.15. The van der Waals surface area contributed by atoms with Crippen molar-refractivity contribution >= 4 is 21.6 Å². The summed E-state index contributed by atoms with van der Waals surface area (Å²) in [6.45, 7) is 2.27. The van der Waals surface area contributed by atoms with Gasteiger partial charge in [-0.2, -0.15) is 0 Å². The first kappa shape index (κ1) is 11.8. The molecule has 0 fully saturated rings. The zero-order chi connectivity index (χ0) is 12.5. The van der Waals surface area contributed by atoms with Gasteiger partial charge in [0.05, 0.1) is 0 Å². The molecule has 18 heavy (non-hydrogen) atoms. The second-order valence-electron chi connectivity index (χ2n) is 4.96. The van der Waals surface area contributed by atoms with E-state index in [1.54, 1.807) is 0 Å². The lowest BCUT2D eigenvalue weighted by Gasteiger charge is -2.16. The van der Waals surface area contributed by atoms with E-state index in [0.717, 1.165) is 10.9 Å². The fourth-order valence-electron chi connectivity index (χ4n) is 2.73. The number of nitrogens with one attached hydrogen (secondary N) is 1. The average Bonchev–Trinajstić information content (AvgIpc) is 2.69. The first-order valence-electron chi connectivity index (χ1n) is 6.34. The highest BCUT2D eigenvalue weighted by molar-refractivity contribution is 9.10. The molecule has 0 amide bonds. The SMILES string of the molecule is C[C@H]1Nc2ccccc2[C@H]1Cc1ccc(Br)cc1. The van der Waals surface area contributed by atoms with Gasteiger partial charge in [-0.25, -0.2) is 0 Å². The molecular formula is C16H16BrN. The lowest BCUT2D eigenvalue weighted by Crippen LogP contribution is -2.17. The summed E-state index contributed by atoms with van der Waals surface area (Å²) in [7, 11) is 0. The minimum absolute atomic E-state index is 0.506. The smallest absolute Gasteiger partial charge is 0.0378 e. The molecule has 0 aliphatic carbocycles. The van der Waals surface area contributed by atoms with E-state index in [4.69, 9.17) is 0 Å². The Kier molecular flexibility index (Phi) is 3.13. The van der Waals surface area contributed by atoms with Crippen LogP contribution in [-0.4, -0.2) is 6.04 Å². The summed E-state index contributed by atoms with van der Waals surface area (Å²) in [4.78, 5) is 0. The van der Waals surface area contributed by atoms with Crippen molar-refractivity contribution in [1.82, 2.24) is 0 Å². The van der Waals surface area contributed by atoms with Gasteiger partial charge >= 0.3 is 0 Å². The zero-order valence-corrected chi connectivity index (χ0v) is 11.9. The lowest BCUT2D eigenvalue weighted by atomic mass is 9.89. The Balaban J connectivity index is 1.87. The molecule has 1 N–H and O–H groups in total. The number of para-hydroxylation sites is 1. The molecule has 0 spiro atoms.